The number of rotatable bonds is 6. The molecule has 1 amide bonds. The monoisotopic (exact) mass is 396 g/mol. The van der Waals surface area contributed by atoms with Crippen LogP contribution in [-0.4, -0.2) is 43.2 Å². The second-order valence-corrected chi connectivity index (χ2v) is 6.67. The molecule has 0 bridgehead atoms. The van der Waals surface area contributed by atoms with Crippen LogP contribution in [0.1, 0.15) is 12.0 Å². The van der Waals surface area contributed by atoms with Gasteiger partial charge in [0.1, 0.15) is 11.6 Å². The number of hydrogen-bond acceptors (Lipinski definition) is 3. The molecule has 0 aliphatic carbocycles. The van der Waals surface area contributed by atoms with Crippen molar-refractivity contribution in [1.82, 2.24) is 4.90 Å². The first kappa shape index (κ1) is 20.1. The highest BCUT2D eigenvalue weighted by Gasteiger charge is 2.36. The Morgan fingerprint density at radius 2 is 1.82 bits per heavy atom. The van der Waals surface area contributed by atoms with Crippen molar-refractivity contribution < 1.29 is 27.1 Å². The van der Waals surface area contributed by atoms with Crippen LogP contribution in [0.3, 0.4) is 0 Å². The van der Waals surface area contributed by atoms with Gasteiger partial charge in [-0.3, -0.25) is 9.69 Å². The highest BCUT2D eigenvalue weighted by atomic mass is 19.4. The Morgan fingerprint density at radius 1 is 1.14 bits per heavy atom. The van der Waals surface area contributed by atoms with Crippen LogP contribution >= 0.6 is 0 Å². The molecule has 0 spiro atoms. The summed E-state index contributed by atoms with van der Waals surface area (Å²) >= 11 is 0. The average molecular weight is 396 g/mol. The molecule has 1 saturated heterocycles. The Balaban J connectivity index is 1.70. The molecular formula is C20H20F4N2O2. The van der Waals surface area contributed by atoms with Gasteiger partial charge in [-0.1, -0.05) is 30.3 Å². The summed E-state index contributed by atoms with van der Waals surface area (Å²) in [5, 5.41) is 0. The SMILES string of the molecule is CN(Cc1ccccc1OCC(F)(F)F)C1CCN(c2ccccc2F)C1=O. The van der Waals surface area contributed by atoms with E-state index in [1.54, 1.807) is 48.3 Å². The first-order valence-electron chi connectivity index (χ1n) is 8.80. The number of anilines is 1. The predicted molar refractivity (Wildman–Crippen MR) is 96.6 cm³/mol. The van der Waals surface area contributed by atoms with Gasteiger partial charge in [-0.05, 0) is 31.7 Å². The van der Waals surface area contributed by atoms with Gasteiger partial charge in [-0.2, -0.15) is 13.2 Å². The number of hydrogen-bond donors (Lipinski definition) is 0. The minimum Gasteiger partial charge on any atom is -0.484 e. The Hall–Kier alpha value is -2.61. The molecule has 0 saturated carbocycles. The summed E-state index contributed by atoms with van der Waals surface area (Å²) < 4.78 is 56.3. The maximum absolute atomic E-state index is 14.0. The number of benzene rings is 2. The molecule has 0 N–H and O–H groups in total. The molecule has 0 radical (unpaired) electrons. The Labute approximate surface area is 160 Å². The zero-order valence-corrected chi connectivity index (χ0v) is 15.2. The normalized spacial score (nSPS) is 17.4. The molecule has 1 heterocycles. The standard InChI is InChI=1S/C20H20F4N2O2/c1-25(12-14-6-2-5-9-18(14)28-13-20(22,23)24)17-10-11-26(19(17)27)16-8-4-3-7-15(16)21/h2-9,17H,10-13H2,1H3. The number of para-hydroxylation sites is 2. The first-order chi connectivity index (χ1) is 13.3. The minimum atomic E-state index is -4.43. The molecule has 4 nitrogen and oxygen atoms in total. The van der Waals surface area contributed by atoms with E-state index in [2.05, 4.69) is 0 Å². The second-order valence-electron chi connectivity index (χ2n) is 6.67. The van der Waals surface area contributed by atoms with Gasteiger partial charge >= 0.3 is 6.18 Å². The molecule has 8 heteroatoms. The van der Waals surface area contributed by atoms with Crippen LogP contribution < -0.4 is 9.64 Å². The van der Waals surface area contributed by atoms with Crippen LogP contribution in [-0.2, 0) is 11.3 Å². The van der Waals surface area contributed by atoms with E-state index in [0.717, 1.165) is 0 Å². The maximum atomic E-state index is 14.0. The van der Waals surface area contributed by atoms with Crippen LogP contribution in [0, 0.1) is 5.82 Å². The second kappa shape index (κ2) is 8.18. The lowest BCUT2D eigenvalue weighted by Gasteiger charge is -2.25. The summed E-state index contributed by atoms with van der Waals surface area (Å²) in [6, 6.07) is 12.0. The molecule has 2 aromatic carbocycles. The van der Waals surface area contributed by atoms with Gasteiger partial charge in [0.2, 0.25) is 5.91 Å². The van der Waals surface area contributed by atoms with Gasteiger partial charge in [-0.25, -0.2) is 4.39 Å². The molecule has 28 heavy (non-hydrogen) atoms. The van der Waals surface area contributed by atoms with Crippen molar-refractivity contribution in [2.45, 2.75) is 25.2 Å². The van der Waals surface area contributed by atoms with E-state index in [1.165, 1.54) is 17.0 Å². The largest absolute Gasteiger partial charge is 0.484 e. The van der Waals surface area contributed by atoms with E-state index in [0.29, 0.717) is 18.5 Å². The summed E-state index contributed by atoms with van der Waals surface area (Å²) in [4.78, 5) is 15.9. The topological polar surface area (TPSA) is 32.8 Å². The third-order valence-electron chi connectivity index (χ3n) is 4.64. The summed E-state index contributed by atoms with van der Waals surface area (Å²) in [7, 11) is 1.72. The molecule has 0 aromatic heterocycles. The number of alkyl halides is 3. The van der Waals surface area contributed by atoms with Crippen LogP contribution in [0.4, 0.5) is 23.2 Å². The third kappa shape index (κ3) is 4.62. The Kier molecular flexibility index (Phi) is 5.88. The lowest BCUT2D eigenvalue weighted by atomic mass is 10.1. The maximum Gasteiger partial charge on any atom is 0.422 e. The smallest absolute Gasteiger partial charge is 0.422 e. The van der Waals surface area contributed by atoms with Crippen molar-refractivity contribution in [3.63, 3.8) is 0 Å². The van der Waals surface area contributed by atoms with E-state index in [1.807, 2.05) is 0 Å². The summed E-state index contributed by atoms with van der Waals surface area (Å²) in [5.74, 6) is -0.575. The highest BCUT2D eigenvalue weighted by Crippen LogP contribution is 2.28. The molecule has 1 atom stereocenters. The fourth-order valence-electron chi connectivity index (χ4n) is 3.30. The third-order valence-corrected chi connectivity index (χ3v) is 4.64. The molecule has 3 rings (SSSR count). The lowest BCUT2D eigenvalue weighted by molar-refractivity contribution is -0.153. The number of ether oxygens (including phenoxy) is 1. The van der Waals surface area contributed by atoms with Crippen molar-refractivity contribution in [3.8, 4) is 5.75 Å². The van der Waals surface area contributed by atoms with Gasteiger partial charge < -0.3 is 9.64 Å². The Morgan fingerprint density at radius 3 is 2.54 bits per heavy atom. The van der Waals surface area contributed by atoms with Gasteiger partial charge in [0, 0.05) is 18.7 Å². The van der Waals surface area contributed by atoms with E-state index in [4.69, 9.17) is 4.74 Å². The summed E-state index contributed by atoms with van der Waals surface area (Å²) in [6.45, 7) is -0.770. The van der Waals surface area contributed by atoms with Crippen molar-refractivity contribution in [2.75, 3.05) is 25.1 Å². The molecule has 1 aliphatic heterocycles. The zero-order chi connectivity index (χ0) is 20.3. The molecule has 1 unspecified atom stereocenters. The molecule has 150 valence electrons. The number of carbonyl (C=O) groups excluding carboxylic acids is 1. The minimum absolute atomic E-state index is 0.128. The molecule has 2 aromatic rings. The van der Waals surface area contributed by atoms with E-state index >= 15 is 0 Å². The lowest BCUT2D eigenvalue weighted by Crippen LogP contribution is -2.39. The Bertz CT molecular complexity index is 841. The highest BCUT2D eigenvalue weighted by molar-refractivity contribution is 5.99. The number of nitrogens with zero attached hydrogens (tertiary/aromatic N) is 2. The number of likely N-dealkylation sites (N-methyl/N-ethyl adjacent to an activating group) is 1. The van der Waals surface area contributed by atoms with Crippen molar-refractivity contribution in [1.29, 1.82) is 0 Å². The van der Waals surface area contributed by atoms with Crippen molar-refractivity contribution >= 4 is 11.6 Å². The first-order valence-corrected chi connectivity index (χ1v) is 8.80. The fourth-order valence-corrected chi connectivity index (χ4v) is 3.30. The molecule has 1 aliphatic rings. The quantitative estimate of drug-likeness (QED) is 0.692. The molecular weight excluding hydrogens is 376 g/mol. The van der Waals surface area contributed by atoms with E-state index in [9.17, 15) is 22.4 Å². The van der Waals surface area contributed by atoms with Gasteiger partial charge in [-0.15, -0.1) is 0 Å². The zero-order valence-electron chi connectivity index (χ0n) is 15.2. The molecule has 1 fully saturated rings. The number of halogens is 4. The van der Waals surface area contributed by atoms with Crippen LogP contribution in [0.5, 0.6) is 5.75 Å². The van der Waals surface area contributed by atoms with E-state index in [-0.39, 0.29) is 23.9 Å². The van der Waals surface area contributed by atoms with Crippen molar-refractivity contribution in [3.05, 3.63) is 59.9 Å². The van der Waals surface area contributed by atoms with E-state index < -0.39 is 24.6 Å². The predicted octanol–water partition coefficient (Wildman–Crippen LogP) is 4.00. The van der Waals surface area contributed by atoms with Gasteiger partial charge in [0.05, 0.1) is 11.7 Å². The average Bonchev–Trinajstić information content (AvgIpc) is 3.02. The van der Waals surface area contributed by atoms with Gasteiger partial charge in [0.15, 0.2) is 6.61 Å². The summed E-state index contributed by atoms with van der Waals surface area (Å²) in [5.41, 5.74) is 0.781. The van der Waals surface area contributed by atoms with Crippen LogP contribution in [0.2, 0.25) is 0 Å². The fraction of sp³-hybridized carbons (Fsp3) is 0.350. The number of carbonyl (C=O) groups is 1. The summed E-state index contributed by atoms with van der Waals surface area (Å²) in [6.07, 6.45) is -3.93. The van der Waals surface area contributed by atoms with Gasteiger partial charge in [0.25, 0.3) is 0 Å². The van der Waals surface area contributed by atoms with Crippen molar-refractivity contribution in [2.24, 2.45) is 0 Å². The number of amides is 1. The van der Waals surface area contributed by atoms with Crippen LogP contribution in [0.15, 0.2) is 48.5 Å². The van der Waals surface area contributed by atoms with Crippen LogP contribution in [0.25, 0.3) is 0 Å².